The molecule has 0 radical (unpaired) electrons. The highest BCUT2D eigenvalue weighted by Crippen LogP contribution is 2.46. The lowest BCUT2D eigenvalue weighted by atomic mass is 9.93. The number of esters is 1. The molecule has 1 aromatic carbocycles. The standard InChI is InChI=1S/C21H26N4O6S/c1-28-14-9-13(10-15(29-2)17(14)30-3)16(18-19(26)25-21(32-18)22-11-23-25)24-7-5-12(6-8-24)20(27)31-4/h9-12,16,26H,5-8H2,1-4H3/t16-/m1/s1. The Labute approximate surface area is 189 Å². The molecule has 0 spiro atoms. The summed E-state index contributed by atoms with van der Waals surface area (Å²) in [5.41, 5.74) is 0.857. The molecule has 1 saturated heterocycles. The van der Waals surface area contributed by atoms with Crippen LogP contribution in [0, 0.1) is 5.92 Å². The third-order valence-electron chi connectivity index (χ3n) is 5.82. The van der Waals surface area contributed by atoms with E-state index in [0.717, 1.165) is 5.56 Å². The van der Waals surface area contributed by atoms with Gasteiger partial charge in [-0.25, -0.2) is 4.98 Å². The summed E-state index contributed by atoms with van der Waals surface area (Å²) in [5, 5.41) is 15.1. The van der Waals surface area contributed by atoms with E-state index < -0.39 is 0 Å². The van der Waals surface area contributed by atoms with Gasteiger partial charge in [-0.15, -0.1) is 0 Å². The molecule has 10 nitrogen and oxygen atoms in total. The number of hydrogen-bond acceptors (Lipinski definition) is 10. The summed E-state index contributed by atoms with van der Waals surface area (Å²) in [6.07, 6.45) is 2.73. The summed E-state index contributed by atoms with van der Waals surface area (Å²) in [4.78, 5) is 19.8. The molecule has 1 atom stereocenters. The van der Waals surface area contributed by atoms with Crippen molar-refractivity contribution in [3.63, 3.8) is 0 Å². The molecule has 0 unspecified atom stereocenters. The molecule has 1 fully saturated rings. The lowest BCUT2D eigenvalue weighted by Crippen LogP contribution is -2.39. The first kappa shape index (κ1) is 22.2. The van der Waals surface area contributed by atoms with Crippen LogP contribution in [0.3, 0.4) is 0 Å². The highest BCUT2D eigenvalue weighted by Gasteiger charge is 2.35. The molecular weight excluding hydrogens is 436 g/mol. The van der Waals surface area contributed by atoms with Crippen molar-refractivity contribution < 1.29 is 28.8 Å². The Morgan fingerprint density at radius 1 is 1.12 bits per heavy atom. The molecule has 2 aromatic heterocycles. The zero-order valence-electron chi connectivity index (χ0n) is 18.4. The van der Waals surface area contributed by atoms with E-state index in [1.165, 1.54) is 29.3 Å². The summed E-state index contributed by atoms with van der Waals surface area (Å²) in [5.74, 6) is 1.26. The smallest absolute Gasteiger partial charge is 0.308 e. The van der Waals surface area contributed by atoms with Crippen LogP contribution in [-0.4, -0.2) is 72.1 Å². The van der Waals surface area contributed by atoms with Gasteiger partial charge in [0.25, 0.3) is 0 Å². The number of thiazole rings is 1. The van der Waals surface area contributed by atoms with Crippen molar-refractivity contribution in [2.75, 3.05) is 41.5 Å². The van der Waals surface area contributed by atoms with Crippen LogP contribution in [0.1, 0.15) is 29.3 Å². The highest BCUT2D eigenvalue weighted by atomic mass is 32.1. The van der Waals surface area contributed by atoms with Crippen LogP contribution >= 0.6 is 11.3 Å². The summed E-state index contributed by atoms with van der Waals surface area (Å²) >= 11 is 1.37. The van der Waals surface area contributed by atoms with E-state index in [2.05, 4.69) is 15.0 Å². The van der Waals surface area contributed by atoms with Crippen molar-refractivity contribution >= 4 is 22.3 Å². The Bertz CT molecular complexity index is 1080. The minimum Gasteiger partial charge on any atom is -0.493 e. The molecule has 32 heavy (non-hydrogen) atoms. The fraction of sp³-hybridized carbons (Fsp3) is 0.476. The molecule has 172 valence electrons. The van der Waals surface area contributed by atoms with Crippen LogP contribution in [0.4, 0.5) is 0 Å². The van der Waals surface area contributed by atoms with Gasteiger partial charge in [-0.2, -0.15) is 9.61 Å². The average molecular weight is 463 g/mol. The second-order valence-corrected chi connectivity index (χ2v) is 8.45. The molecule has 0 bridgehead atoms. The minimum absolute atomic E-state index is 0.0383. The van der Waals surface area contributed by atoms with Crippen molar-refractivity contribution in [2.24, 2.45) is 5.92 Å². The van der Waals surface area contributed by atoms with E-state index in [1.807, 2.05) is 12.1 Å². The van der Waals surface area contributed by atoms with Crippen LogP contribution in [0.2, 0.25) is 0 Å². The fourth-order valence-electron chi connectivity index (χ4n) is 4.22. The third kappa shape index (κ3) is 3.82. The molecular formula is C21H26N4O6S. The first-order valence-corrected chi connectivity index (χ1v) is 11.0. The van der Waals surface area contributed by atoms with Gasteiger partial charge < -0.3 is 24.1 Å². The number of fused-ring (bicyclic) bond motifs is 1. The highest BCUT2D eigenvalue weighted by molar-refractivity contribution is 7.17. The zero-order chi connectivity index (χ0) is 22.8. The Morgan fingerprint density at radius 2 is 1.78 bits per heavy atom. The van der Waals surface area contributed by atoms with E-state index in [0.29, 0.717) is 53.0 Å². The number of nitrogens with zero attached hydrogens (tertiary/aromatic N) is 4. The van der Waals surface area contributed by atoms with Gasteiger partial charge in [-0.1, -0.05) is 11.3 Å². The lowest BCUT2D eigenvalue weighted by molar-refractivity contribution is -0.147. The van der Waals surface area contributed by atoms with Crippen molar-refractivity contribution in [1.29, 1.82) is 0 Å². The van der Waals surface area contributed by atoms with Crippen molar-refractivity contribution in [2.45, 2.75) is 18.9 Å². The van der Waals surface area contributed by atoms with E-state index >= 15 is 0 Å². The minimum atomic E-state index is -0.323. The molecule has 11 heteroatoms. The normalized spacial score (nSPS) is 16.1. The Hall–Kier alpha value is -3.05. The fourth-order valence-corrected chi connectivity index (χ4v) is 5.31. The molecule has 3 aromatic rings. The van der Waals surface area contributed by atoms with Gasteiger partial charge in [0.15, 0.2) is 11.5 Å². The van der Waals surface area contributed by atoms with E-state index in [1.54, 1.807) is 21.3 Å². The Kier molecular flexibility index (Phi) is 6.38. The summed E-state index contributed by atoms with van der Waals surface area (Å²) in [7, 11) is 6.11. The number of benzene rings is 1. The number of rotatable bonds is 7. The Morgan fingerprint density at radius 3 is 2.31 bits per heavy atom. The van der Waals surface area contributed by atoms with Gasteiger partial charge in [0, 0.05) is 0 Å². The second kappa shape index (κ2) is 9.21. The van der Waals surface area contributed by atoms with Gasteiger partial charge in [0.1, 0.15) is 6.33 Å². The van der Waals surface area contributed by atoms with Crippen molar-refractivity contribution in [3.05, 3.63) is 28.9 Å². The maximum Gasteiger partial charge on any atom is 0.308 e. The van der Waals surface area contributed by atoms with Crippen LogP contribution in [0.25, 0.3) is 4.96 Å². The molecule has 1 aliphatic rings. The van der Waals surface area contributed by atoms with Gasteiger partial charge in [0.2, 0.25) is 16.6 Å². The quantitative estimate of drug-likeness (QED) is 0.530. The van der Waals surface area contributed by atoms with Crippen LogP contribution < -0.4 is 14.2 Å². The third-order valence-corrected chi connectivity index (χ3v) is 6.91. The molecule has 1 N–H and O–H groups in total. The molecule has 3 heterocycles. The van der Waals surface area contributed by atoms with Gasteiger partial charge in [-0.05, 0) is 43.6 Å². The van der Waals surface area contributed by atoms with Crippen molar-refractivity contribution in [1.82, 2.24) is 19.5 Å². The first-order chi connectivity index (χ1) is 15.5. The number of carbonyl (C=O) groups is 1. The summed E-state index contributed by atoms with van der Waals surface area (Å²) in [6.45, 7) is 1.29. The molecule has 0 amide bonds. The van der Waals surface area contributed by atoms with Crippen LogP contribution in [0.15, 0.2) is 18.5 Å². The molecule has 0 saturated carbocycles. The number of aromatic nitrogens is 3. The number of hydrogen-bond donors (Lipinski definition) is 1. The maximum atomic E-state index is 12.0. The summed E-state index contributed by atoms with van der Waals surface area (Å²) in [6, 6.07) is 3.44. The molecule has 4 rings (SSSR count). The average Bonchev–Trinajstić information content (AvgIpc) is 3.41. The summed E-state index contributed by atoms with van der Waals surface area (Å²) < 4.78 is 22.9. The SMILES string of the molecule is COC(=O)C1CCN([C@H](c2cc(OC)c(OC)c(OC)c2)c2sc3ncnn3c2O)CC1. The first-order valence-electron chi connectivity index (χ1n) is 10.2. The molecule has 0 aliphatic carbocycles. The van der Waals surface area contributed by atoms with E-state index in [-0.39, 0.29) is 23.8 Å². The monoisotopic (exact) mass is 462 g/mol. The van der Waals surface area contributed by atoms with Gasteiger partial charge in [0.05, 0.1) is 45.3 Å². The number of piperidine rings is 1. The predicted octanol–water partition coefficient (Wildman–Crippen LogP) is 2.50. The maximum absolute atomic E-state index is 12.0. The van der Waals surface area contributed by atoms with Crippen LogP contribution in [-0.2, 0) is 9.53 Å². The number of likely N-dealkylation sites (tertiary alicyclic amines) is 1. The largest absolute Gasteiger partial charge is 0.493 e. The van der Waals surface area contributed by atoms with Gasteiger partial charge in [-0.3, -0.25) is 9.69 Å². The van der Waals surface area contributed by atoms with E-state index in [4.69, 9.17) is 18.9 Å². The second-order valence-electron chi connectivity index (χ2n) is 7.44. The van der Waals surface area contributed by atoms with Crippen LogP contribution in [0.5, 0.6) is 23.1 Å². The number of ether oxygens (including phenoxy) is 4. The van der Waals surface area contributed by atoms with Gasteiger partial charge >= 0.3 is 5.97 Å². The van der Waals surface area contributed by atoms with Crippen molar-refractivity contribution in [3.8, 4) is 23.1 Å². The predicted molar refractivity (Wildman–Crippen MR) is 117 cm³/mol. The lowest BCUT2D eigenvalue weighted by Gasteiger charge is -2.36. The number of carbonyl (C=O) groups excluding carboxylic acids is 1. The molecule has 1 aliphatic heterocycles. The topological polar surface area (TPSA) is 108 Å². The Balaban J connectivity index is 1.79. The number of aromatic hydroxyl groups is 1. The zero-order valence-corrected chi connectivity index (χ0v) is 19.2. The number of methoxy groups -OCH3 is 4. The van der Waals surface area contributed by atoms with E-state index in [9.17, 15) is 9.90 Å².